The SMILES string of the molecule is COC(=O)CCCCCc1cc(C)cc(OC[C@H](CCC(N)=O)NC(=O)OC(C)(C)C)c1F. The molecule has 0 fully saturated rings. The van der Waals surface area contributed by atoms with Gasteiger partial charge in [0, 0.05) is 12.8 Å². The molecule has 8 nitrogen and oxygen atoms in total. The van der Waals surface area contributed by atoms with Gasteiger partial charge in [-0.25, -0.2) is 9.18 Å². The number of rotatable bonds is 13. The molecule has 2 amide bonds. The van der Waals surface area contributed by atoms with Crippen LogP contribution >= 0.6 is 0 Å². The van der Waals surface area contributed by atoms with E-state index >= 15 is 4.39 Å². The Labute approximate surface area is 195 Å². The van der Waals surface area contributed by atoms with E-state index in [-0.39, 0.29) is 31.2 Å². The molecule has 186 valence electrons. The van der Waals surface area contributed by atoms with Crippen molar-refractivity contribution in [3.63, 3.8) is 0 Å². The van der Waals surface area contributed by atoms with Crippen molar-refractivity contribution in [3.8, 4) is 5.75 Å². The number of alkyl carbamates (subject to hydrolysis) is 1. The first-order valence-corrected chi connectivity index (χ1v) is 11.2. The number of primary amides is 1. The minimum Gasteiger partial charge on any atom is -0.488 e. The van der Waals surface area contributed by atoms with Crippen molar-refractivity contribution in [1.29, 1.82) is 0 Å². The molecule has 9 heteroatoms. The van der Waals surface area contributed by atoms with Gasteiger partial charge in [-0.15, -0.1) is 0 Å². The Hall–Kier alpha value is -2.84. The third-order valence-electron chi connectivity index (χ3n) is 4.71. The molecule has 0 heterocycles. The zero-order valence-corrected chi connectivity index (χ0v) is 20.3. The van der Waals surface area contributed by atoms with Gasteiger partial charge in [-0.2, -0.15) is 0 Å². The molecule has 1 aromatic rings. The highest BCUT2D eigenvalue weighted by Gasteiger charge is 2.21. The number of amides is 2. The van der Waals surface area contributed by atoms with E-state index in [4.69, 9.17) is 15.2 Å². The number of carbonyl (C=O) groups excluding carboxylic acids is 3. The molecule has 3 N–H and O–H groups in total. The zero-order chi connectivity index (χ0) is 25.0. The van der Waals surface area contributed by atoms with E-state index in [0.717, 1.165) is 18.4 Å². The lowest BCUT2D eigenvalue weighted by Gasteiger charge is -2.24. The van der Waals surface area contributed by atoms with Gasteiger partial charge in [0.25, 0.3) is 0 Å². The van der Waals surface area contributed by atoms with E-state index in [1.165, 1.54) is 7.11 Å². The van der Waals surface area contributed by atoms with Crippen molar-refractivity contribution in [1.82, 2.24) is 5.32 Å². The minimum absolute atomic E-state index is 0.0386. The molecule has 0 bridgehead atoms. The molecular formula is C24H37FN2O6. The molecule has 33 heavy (non-hydrogen) atoms. The number of ether oxygens (including phenoxy) is 3. The molecule has 0 aliphatic heterocycles. The van der Waals surface area contributed by atoms with Gasteiger partial charge in [0.05, 0.1) is 13.2 Å². The Balaban J connectivity index is 2.76. The summed E-state index contributed by atoms with van der Waals surface area (Å²) in [6, 6.07) is 2.77. The van der Waals surface area contributed by atoms with E-state index in [1.54, 1.807) is 32.9 Å². The van der Waals surface area contributed by atoms with Gasteiger partial charge in [0.15, 0.2) is 11.6 Å². The van der Waals surface area contributed by atoms with Crippen LogP contribution in [0.3, 0.4) is 0 Å². The summed E-state index contributed by atoms with van der Waals surface area (Å²) in [6.45, 7) is 7.00. The Morgan fingerprint density at radius 3 is 2.42 bits per heavy atom. The van der Waals surface area contributed by atoms with Crippen LogP contribution in [0.4, 0.5) is 9.18 Å². The Morgan fingerprint density at radius 1 is 1.12 bits per heavy atom. The summed E-state index contributed by atoms with van der Waals surface area (Å²) in [7, 11) is 1.35. The molecule has 0 aromatic heterocycles. The first-order chi connectivity index (χ1) is 15.4. The molecule has 0 spiro atoms. The summed E-state index contributed by atoms with van der Waals surface area (Å²) in [5, 5.41) is 2.66. The fraction of sp³-hybridized carbons (Fsp3) is 0.625. The number of esters is 1. The Morgan fingerprint density at radius 2 is 1.82 bits per heavy atom. The van der Waals surface area contributed by atoms with E-state index in [0.29, 0.717) is 24.8 Å². The van der Waals surface area contributed by atoms with Gasteiger partial charge >= 0.3 is 12.1 Å². The fourth-order valence-corrected chi connectivity index (χ4v) is 3.14. The van der Waals surface area contributed by atoms with Crippen LogP contribution in [0.5, 0.6) is 5.75 Å². The second kappa shape index (κ2) is 13.6. The maximum Gasteiger partial charge on any atom is 0.407 e. The molecule has 1 aromatic carbocycles. The molecule has 0 saturated carbocycles. The lowest BCUT2D eigenvalue weighted by Crippen LogP contribution is -2.42. The summed E-state index contributed by atoms with van der Waals surface area (Å²) >= 11 is 0. The van der Waals surface area contributed by atoms with Crippen LogP contribution < -0.4 is 15.8 Å². The van der Waals surface area contributed by atoms with Gasteiger partial charge in [0.1, 0.15) is 12.2 Å². The van der Waals surface area contributed by atoms with E-state index in [1.807, 2.05) is 6.92 Å². The topological polar surface area (TPSA) is 117 Å². The van der Waals surface area contributed by atoms with Gasteiger partial charge in [-0.1, -0.05) is 12.5 Å². The van der Waals surface area contributed by atoms with Crippen molar-refractivity contribution < 1.29 is 33.0 Å². The van der Waals surface area contributed by atoms with Crippen LogP contribution in [0, 0.1) is 12.7 Å². The standard InChI is InChI=1S/C24H37FN2O6/c1-16-13-17(9-7-6-8-10-21(29)31-5)22(25)19(14-16)32-15-18(11-12-20(26)28)27-23(30)33-24(2,3)4/h13-14,18H,6-12,15H2,1-5H3,(H2,26,28)(H,27,30)/t18-/m0/s1. The summed E-state index contributed by atoms with van der Waals surface area (Å²) < 4.78 is 30.6. The predicted octanol–water partition coefficient (Wildman–Crippen LogP) is 3.95. The maximum absolute atomic E-state index is 15.0. The van der Waals surface area contributed by atoms with Crippen LogP contribution in [0.25, 0.3) is 0 Å². The van der Waals surface area contributed by atoms with Crippen molar-refractivity contribution in [2.24, 2.45) is 5.73 Å². The zero-order valence-electron chi connectivity index (χ0n) is 20.3. The molecular weight excluding hydrogens is 431 g/mol. The van der Waals surface area contributed by atoms with Crippen LogP contribution in [0.15, 0.2) is 12.1 Å². The number of aryl methyl sites for hydroxylation is 2. The lowest BCUT2D eigenvalue weighted by atomic mass is 10.0. The van der Waals surface area contributed by atoms with Crippen LogP contribution in [-0.4, -0.2) is 43.3 Å². The summed E-state index contributed by atoms with van der Waals surface area (Å²) in [5.74, 6) is -1.14. The third kappa shape index (κ3) is 12.1. The average molecular weight is 469 g/mol. The van der Waals surface area contributed by atoms with Gasteiger partial charge in [0.2, 0.25) is 5.91 Å². The quantitative estimate of drug-likeness (QED) is 0.334. The van der Waals surface area contributed by atoms with Crippen LogP contribution in [-0.2, 0) is 25.5 Å². The first-order valence-electron chi connectivity index (χ1n) is 11.2. The van der Waals surface area contributed by atoms with Crippen molar-refractivity contribution >= 4 is 18.0 Å². The number of nitrogens with two attached hydrogens (primary N) is 1. The van der Waals surface area contributed by atoms with Crippen molar-refractivity contribution in [2.75, 3.05) is 13.7 Å². The van der Waals surface area contributed by atoms with E-state index < -0.39 is 29.5 Å². The summed E-state index contributed by atoms with van der Waals surface area (Å²) in [5.41, 5.74) is 5.90. The molecule has 1 atom stereocenters. The fourth-order valence-electron chi connectivity index (χ4n) is 3.14. The predicted molar refractivity (Wildman–Crippen MR) is 122 cm³/mol. The lowest BCUT2D eigenvalue weighted by molar-refractivity contribution is -0.140. The number of carbonyl (C=O) groups is 3. The van der Waals surface area contributed by atoms with Gasteiger partial charge in [-0.3, -0.25) is 9.59 Å². The molecule has 0 radical (unpaired) electrons. The van der Waals surface area contributed by atoms with Gasteiger partial charge in [-0.05, 0) is 70.6 Å². The highest BCUT2D eigenvalue weighted by Crippen LogP contribution is 2.25. The highest BCUT2D eigenvalue weighted by molar-refractivity contribution is 5.74. The summed E-state index contributed by atoms with van der Waals surface area (Å²) in [4.78, 5) is 34.5. The minimum atomic E-state index is -0.687. The number of benzene rings is 1. The van der Waals surface area contributed by atoms with Crippen molar-refractivity contribution in [3.05, 3.63) is 29.1 Å². The average Bonchev–Trinajstić information content (AvgIpc) is 2.70. The Bertz CT molecular complexity index is 807. The molecule has 0 aliphatic carbocycles. The number of hydrogen-bond acceptors (Lipinski definition) is 6. The smallest absolute Gasteiger partial charge is 0.407 e. The molecule has 0 unspecified atom stereocenters. The number of halogens is 1. The third-order valence-corrected chi connectivity index (χ3v) is 4.71. The second-order valence-corrected chi connectivity index (χ2v) is 9.03. The molecule has 0 aliphatic rings. The van der Waals surface area contributed by atoms with Crippen LogP contribution in [0.1, 0.15) is 70.4 Å². The second-order valence-electron chi connectivity index (χ2n) is 9.03. The molecule has 0 saturated heterocycles. The van der Waals surface area contributed by atoms with E-state index in [9.17, 15) is 14.4 Å². The number of hydrogen-bond donors (Lipinski definition) is 2. The van der Waals surface area contributed by atoms with Crippen molar-refractivity contribution in [2.45, 2.75) is 84.3 Å². The number of methoxy groups -OCH3 is 1. The van der Waals surface area contributed by atoms with Gasteiger partial charge < -0.3 is 25.3 Å². The summed E-state index contributed by atoms with van der Waals surface area (Å²) in [6.07, 6.45) is 2.64. The number of nitrogens with one attached hydrogen (secondary N) is 1. The van der Waals surface area contributed by atoms with E-state index in [2.05, 4.69) is 10.1 Å². The normalized spacial score (nSPS) is 12.1. The maximum atomic E-state index is 15.0. The largest absolute Gasteiger partial charge is 0.488 e. The first kappa shape index (κ1) is 28.2. The Kier molecular flexibility index (Phi) is 11.7. The van der Waals surface area contributed by atoms with Crippen LogP contribution in [0.2, 0.25) is 0 Å². The monoisotopic (exact) mass is 468 g/mol. The number of unbranched alkanes of at least 4 members (excludes halogenated alkanes) is 2. The molecule has 1 rings (SSSR count). The highest BCUT2D eigenvalue weighted by atomic mass is 19.1.